The molecule has 1 aliphatic rings. The standard InChI is InChI=1S/C12H16N4O4/c1-12(19)9(18)7(4-17)20-11(12)16-5-15-8-6(13)2-3-14-10(8)16/h2-3,5,7,9,11,17-19H,4H2,1H3,(H2,13,14)/t7-,9-,11?,12-/m1/s1. The lowest BCUT2D eigenvalue weighted by Gasteiger charge is -2.27. The number of imidazole rings is 1. The summed E-state index contributed by atoms with van der Waals surface area (Å²) >= 11 is 0. The van der Waals surface area contributed by atoms with Gasteiger partial charge in [0.2, 0.25) is 0 Å². The van der Waals surface area contributed by atoms with E-state index in [0.717, 1.165) is 0 Å². The first-order valence-electron chi connectivity index (χ1n) is 6.20. The van der Waals surface area contributed by atoms with Gasteiger partial charge in [-0.05, 0) is 13.0 Å². The van der Waals surface area contributed by atoms with E-state index in [2.05, 4.69) is 9.97 Å². The van der Waals surface area contributed by atoms with Crippen LogP contribution in [0.2, 0.25) is 0 Å². The number of nitrogens with zero attached hydrogens (tertiary/aromatic N) is 3. The third-order valence-corrected chi connectivity index (χ3v) is 3.68. The topological polar surface area (TPSA) is 127 Å². The molecule has 0 aliphatic carbocycles. The molecule has 108 valence electrons. The average Bonchev–Trinajstić information content (AvgIpc) is 2.92. The highest BCUT2D eigenvalue weighted by Crippen LogP contribution is 2.39. The van der Waals surface area contributed by atoms with Crippen LogP contribution in [0.4, 0.5) is 5.69 Å². The fraction of sp³-hybridized carbons (Fsp3) is 0.500. The van der Waals surface area contributed by atoms with Crippen LogP contribution in [0.3, 0.4) is 0 Å². The monoisotopic (exact) mass is 280 g/mol. The van der Waals surface area contributed by atoms with Gasteiger partial charge in [-0.1, -0.05) is 0 Å². The number of nitrogen functional groups attached to an aromatic ring is 1. The van der Waals surface area contributed by atoms with Crippen molar-refractivity contribution in [1.82, 2.24) is 14.5 Å². The minimum absolute atomic E-state index is 0.393. The number of anilines is 1. The molecule has 2 aromatic heterocycles. The van der Waals surface area contributed by atoms with E-state index < -0.39 is 30.6 Å². The molecule has 1 fully saturated rings. The van der Waals surface area contributed by atoms with Crippen molar-refractivity contribution in [2.75, 3.05) is 12.3 Å². The van der Waals surface area contributed by atoms with Gasteiger partial charge in [-0.15, -0.1) is 0 Å². The summed E-state index contributed by atoms with van der Waals surface area (Å²) in [7, 11) is 0. The third kappa shape index (κ3) is 1.70. The Morgan fingerprint density at radius 2 is 2.25 bits per heavy atom. The molecule has 3 heterocycles. The molecule has 5 N–H and O–H groups in total. The zero-order valence-electron chi connectivity index (χ0n) is 10.8. The van der Waals surface area contributed by atoms with Crippen molar-refractivity contribution in [2.45, 2.75) is 31.0 Å². The van der Waals surface area contributed by atoms with Crippen LogP contribution in [-0.4, -0.2) is 54.3 Å². The molecule has 8 nitrogen and oxygen atoms in total. The number of aliphatic hydroxyl groups is 3. The second kappa shape index (κ2) is 4.38. The predicted molar refractivity (Wildman–Crippen MR) is 69.6 cm³/mol. The largest absolute Gasteiger partial charge is 0.397 e. The molecule has 20 heavy (non-hydrogen) atoms. The maximum atomic E-state index is 10.4. The second-order valence-corrected chi connectivity index (χ2v) is 5.10. The average molecular weight is 280 g/mol. The van der Waals surface area contributed by atoms with E-state index in [-0.39, 0.29) is 0 Å². The summed E-state index contributed by atoms with van der Waals surface area (Å²) < 4.78 is 7.03. The number of hydrogen-bond donors (Lipinski definition) is 4. The van der Waals surface area contributed by atoms with Crippen LogP contribution in [0.25, 0.3) is 11.2 Å². The van der Waals surface area contributed by atoms with Crippen LogP contribution < -0.4 is 5.73 Å². The van der Waals surface area contributed by atoms with Gasteiger partial charge in [-0.2, -0.15) is 0 Å². The normalized spacial score (nSPS) is 33.9. The molecule has 0 radical (unpaired) electrons. The van der Waals surface area contributed by atoms with Gasteiger partial charge in [0.05, 0.1) is 18.6 Å². The summed E-state index contributed by atoms with van der Waals surface area (Å²) in [5.74, 6) is 0. The van der Waals surface area contributed by atoms with Gasteiger partial charge >= 0.3 is 0 Å². The Hall–Kier alpha value is -1.74. The number of nitrogens with two attached hydrogens (primary N) is 1. The number of aromatic nitrogens is 3. The van der Waals surface area contributed by atoms with Gasteiger partial charge in [0, 0.05) is 6.20 Å². The number of ether oxygens (including phenoxy) is 1. The van der Waals surface area contributed by atoms with Gasteiger partial charge in [-0.25, -0.2) is 9.97 Å². The summed E-state index contributed by atoms with van der Waals surface area (Å²) in [6.07, 6.45) is -0.0162. The van der Waals surface area contributed by atoms with Crippen molar-refractivity contribution >= 4 is 16.9 Å². The van der Waals surface area contributed by atoms with Crippen molar-refractivity contribution in [1.29, 1.82) is 0 Å². The number of aliphatic hydroxyl groups excluding tert-OH is 2. The Morgan fingerprint density at radius 1 is 1.50 bits per heavy atom. The van der Waals surface area contributed by atoms with Gasteiger partial charge in [0.1, 0.15) is 23.3 Å². The van der Waals surface area contributed by atoms with E-state index in [9.17, 15) is 15.3 Å². The Balaban J connectivity index is 2.10. The van der Waals surface area contributed by atoms with Crippen LogP contribution in [0, 0.1) is 0 Å². The summed E-state index contributed by atoms with van der Waals surface area (Å²) in [6, 6.07) is 1.62. The Bertz CT molecular complexity index is 641. The highest BCUT2D eigenvalue weighted by molar-refractivity contribution is 5.83. The van der Waals surface area contributed by atoms with Gasteiger partial charge in [0.25, 0.3) is 0 Å². The molecule has 1 unspecified atom stereocenters. The molecule has 1 aliphatic heterocycles. The van der Waals surface area contributed by atoms with Gasteiger partial charge in [-0.3, -0.25) is 4.57 Å². The molecular weight excluding hydrogens is 264 g/mol. The summed E-state index contributed by atoms with van der Waals surface area (Å²) in [5, 5.41) is 29.6. The molecule has 0 amide bonds. The molecular formula is C12H16N4O4. The quantitative estimate of drug-likeness (QED) is 0.556. The van der Waals surface area contributed by atoms with E-state index >= 15 is 0 Å². The Morgan fingerprint density at radius 3 is 2.90 bits per heavy atom. The molecule has 0 aromatic carbocycles. The van der Waals surface area contributed by atoms with Crippen LogP contribution in [0.15, 0.2) is 18.6 Å². The Kier molecular flexibility index (Phi) is 2.91. The first-order chi connectivity index (χ1) is 9.46. The van der Waals surface area contributed by atoms with Crippen LogP contribution in [-0.2, 0) is 4.74 Å². The van der Waals surface area contributed by atoms with E-state index in [1.165, 1.54) is 24.0 Å². The maximum Gasteiger partial charge on any atom is 0.168 e. The second-order valence-electron chi connectivity index (χ2n) is 5.10. The molecule has 1 saturated heterocycles. The lowest BCUT2D eigenvalue weighted by Crippen LogP contribution is -2.44. The minimum Gasteiger partial charge on any atom is -0.397 e. The zero-order valence-corrected chi connectivity index (χ0v) is 10.8. The van der Waals surface area contributed by atoms with E-state index in [4.69, 9.17) is 10.5 Å². The first-order valence-corrected chi connectivity index (χ1v) is 6.20. The van der Waals surface area contributed by atoms with Crippen molar-refractivity contribution in [2.24, 2.45) is 0 Å². The number of pyridine rings is 1. The van der Waals surface area contributed by atoms with Crippen LogP contribution in [0.1, 0.15) is 13.2 Å². The predicted octanol–water partition coefficient (Wildman–Crippen LogP) is -0.985. The fourth-order valence-electron chi connectivity index (χ4n) is 2.52. The zero-order chi connectivity index (χ0) is 14.5. The highest BCUT2D eigenvalue weighted by atomic mass is 16.6. The van der Waals surface area contributed by atoms with E-state index in [0.29, 0.717) is 16.9 Å². The van der Waals surface area contributed by atoms with Crippen LogP contribution >= 0.6 is 0 Å². The molecule has 8 heteroatoms. The highest BCUT2D eigenvalue weighted by Gasteiger charge is 2.53. The smallest absolute Gasteiger partial charge is 0.168 e. The van der Waals surface area contributed by atoms with Gasteiger partial charge in [0.15, 0.2) is 11.9 Å². The summed E-state index contributed by atoms with van der Waals surface area (Å²) in [6.45, 7) is 1.05. The van der Waals surface area contributed by atoms with Gasteiger partial charge < -0.3 is 25.8 Å². The molecule has 0 spiro atoms. The Labute approximate surface area is 114 Å². The number of hydrogen-bond acceptors (Lipinski definition) is 7. The number of fused-ring (bicyclic) bond motifs is 1. The van der Waals surface area contributed by atoms with Crippen molar-refractivity contribution in [3.63, 3.8) is 0 Å². The molecule has 4 atom stereocenters. The van der Waals surface area contributed by atoms with Crippen molar-refractivity contribution < 1.29 is 20.1 Å². The van der Waals surface area contributed by atoms with Crippen molar-refractivity contribution in [3.05, 3.63) is 18.6 Å². The molecule has 3 rings (SSSR count). The number of rotatable bonds is 2. The maximum absolute atomic E-state index is 10.4. The van der Waals surface area contributed by atoms with E-state index in [1.807, 2.05) is 0 Å². The summed E-state index contributed by atoms with van der Waals surface area (Å²) in [4.78, 5) is 8.32. The lowest BCUT2D eigenvalue weighted by molar-refractivity contribution is -0.0950. The van der Waals surface area contributed by atoms with Crippen molar-refractivity contribution in [3.8, 4) is 0 Å². The fourth-order valence-corrected chi connectivity index (χ4v) is 2.52. The molecule has 2 aromatic rings. The molecule has 0 bridgehead atoms. The lowest BCUT2D eigenvalue weighted by atomic mass is 9.96. The molecule has 0 saturated carbocycles. The minimum atomic E-state index is -1.58. The van der Waals surface area contributed by atoms with Crippen LogP contribution in [0.5, 0.6) is 0 Å². The SMILES string of the molecule is C[C@]1(O)C(n2cnc3c(N)ccnc32)O[C@H](CO)[C@H]1O. The summed E-state index contributed by atoms with van der Waals surface area (Å²) in [5.41, 5.74) is 5.64. The third-order valence-electron chi connectivity index (χ3n) is 3.68. The first kappa shape index (κ1) is 13.3. The van der Waals surface area contributed by atoms with E-state index in [1.54, 1.807) is 6.07 Å².